The van der Waals surface area contributed by atoms with Gasteiger partial charge < -0.3 is 10.1 Å². The molecule has 2 aromatic rings. The number of ether oxygens (including phenoxy) is 1. The van der Waals surface area contributed by atoms with E-state index in [0.29, 0.717) is 5.56 Å². The lowest BCUT2D eigenvalue weighted by Crippen LogP contribution is -2.23. The molecule has 0 aliphatic carbocycles. The summed E-state index contributed by atoms with van der Waals surface area (Å²) in [6.07, 6.45) is 0. The lowest BCUT2D eigenvalue weighted by atomic mass is 10.1. The summed E-state index contributed by atoms with van der Waals surface area (Å²) in [5.41, 5.74) is 0.523. The third-order valence-electron chi connectivity index (χ3n) is 2.81. The zero-order chi connectivity index (χ0) is 14.5. The van der Waals surface area contributed by atoms with Crippen LogP contribution in [0.3, 0.4) is 0 Å². The zero-order valence-electron chi connectivity index (χ0n) is 10.8. The lowest BCUT2D eigenvalue weighted by molar-refractivity contribution is 0.0950. The van der Waals surface area contributed by atoms with Gasteiger partial charge in [-0.05, 0) is 24.3 Å². The summed E-state index contributed by atoms with van der Waals surface area (Å²) in [5.74, 6) is -1.43. The van der Waals surface area contributed by atoms with Crippen molar-refractivity contribution in [3.63, 3.8) is 0 Å². The fraction of sp³-hybridized carbons (Fsp3) is 0.133. The Morgan fingerprint density at radius 1 is 1.15 bits per heavy atom. The van der Waals surface area contributed by atoms with Crippen molar-refractivity contribution in [3.05, 3.63) is 65.2 Å². The fourth-order valence-corrected chi connectivity index (χ4v) is 1.73. The van der Waals surface area contributed by atoms with Gasteiger partial charge in [0, 0.05) is 17.7 Å². The van der Waals surface area contributed by atoms with Crippen molar-refractivity contribution in [2.45, 2.75) is 6.54 Å². The minimum Gasteiger partial charge on any atom is -0.494 e. The van der Waals surface area contributed by atoms with Crippen LogP contribution in [0.1, 0.15) is 15.9 Å². The molecule has 3 nitrogen and oxygen atoms in total. The molecule has 1 N–H and O–H groups in total. The van der Waals surface area contributed by atoms with E-state index in [2.05, 4.69) is 5.32 Å². The first-order valence-electron chi connectivity index (χ1n) is 5.97. The average Bonchev–Trinajstić information content (AvgIpc) is 2.46. The fourth-order valence-electron chi connectivity index (χ4n) is 1.73. The summed E-state index contributed by atoms with van der Waals surface area (Å²) >= 11 is 0. The van der Waals surface area contributed by atoms with Crippen molar-refractivity contribution < 1.29 is 18.3 Å². The predicted molar refractivity (Wildman–Crippen MR) is 70.5 cm³/mol. The van der Waals surface area contributed by atoms with Crippen molar-refractivity contribution in [2.75, 3.05) is 7.11 Å². The Labute approximate surface area is 115 Å². The van der Waals surface area contributed by atoms with Crippen LogP contribution in [0.15, 0.2) is 42.5 Å². The summed E-state index contributed by atoms with van der Waals surface area (Å²) in [7, 11) is 1.34. The molecule has 0 aliphatic heterocycles. The van der Waals surface area contributed by atoms with Crippen LogP contribution in [0.4, 0.5) is 8.78 Å². The number of carbonyl (C=O) groups excluding carboxylic acids is 1. The summed E-state index contributed by atoms with van der Waals surface area (Å²) in [5, 5.41) is 2.53. The van der Waals surface area contributed by atoms with Crippen LogP contribution in [-0.2, 0) is 6.54 Å². The van der Waals surface area contributed by atoms with Gasteiger partial charge in [-0.15, -0.1) is 0 Å². The Kier molecular flexibility index (Phi) is 4.30. The molecule has 0 spiro atoms. The van der Waals surface area contributed by atoms with E-state index >= 15 is 0 Å². The van der Waals surface area contributed by atoms with Gasteiger partial charge in [0.25, 0.3) is 5.91 Å². The van der Waals surface area contributed by atoms with Crippen LogP contribution in [0.2, 0.25) is 0 Å². The predicted octanol–water partition coefficient (Wildman–Crippen LogP) is 2.90. The van der Waals surface area contributed by atoms with E-state index in [0.717, 1.165) is 6.07 Å². The largest absolute Gasteiger partial charge is 0.494 e. The Hall–Kier alpha value is -2.43. The second-order valence-electron chi connectivity index (χ2n) is 4.12. The van der Waals surface area contributed by atoms with Gasteiger partial charge in [-0.2, -0.15) is 0 Å². The first-order chi connectivity index (χ1) is 9.61. The third kappa shape index (κ3) is 3.12. The number of nitrogens with one attached hydrogen (secondary N) is 1. The van der Waals surface area contributed by atoms with E-state index < -0.39 is 17.5 Å². The molecule has 104 valence electrons. The van der Waals surface area contributed by atoms with Crippen molar-refractivity contribution in [1.82, 2.24) is 5.32 Å². The highest BCUT2D eigenvalue weighted by molar-refractivity contribution is 5.94. The molecule has 1 amide bonds. The number of amides is 1. The van der Waals surface area contributed by atoms with E-state index in [-0.39, 0.29) is 17.9 Å². The number of hydrogen-bond acceptors (Lipinski definition) is 2. The van der Waals surface area contributed by atoms with Gasteiger partial charge >= 0.3 is 0 Å². The van der Waals surface area contributed by atoms with Crippen LogP contribution in [0.5, 0.6) is 5.75 Å². The highest BCUT2D eigenvalue weighted by Crippen LogP contribution is 2.17. The molecule has 0 saturated carbocycles. The number of carbonyl (C=O) groups is 1. The van der Waals surface area contributed by atoms with Gasteiger partial charge in [0.05, 0.1) is 7.11 Å². The van der Waals surface area contributed by atoms with Gasteiger partial charge in [-0.1, -0.05) is 18.2 Å². The normalized spacial score (nSPS) is 10.2. The maximum absolute atomic E-state index is 13.5. The molecule has 2 aromatic carbocycles. The highest BCUT2D eigenvalue weighted by atomic mass is 19.1. The number of benzene rings is 2. The van der Waals surface area contributed by atoms with Crippen LogP contribution >= 0.6 is 0 Å². The van der Waals surface area contributed by atoms with Gasteiger partial charge in [0.15, 0.2) is 11.6 Å². The molecule has 0 saturated heterocycles. The van der Waals surface area contributed by atoms with Crippen molar-refractivity contribution >= 4 is 5.91 Å². The molecule has 0 aliphatic rings. The second-order valence-corrected chi connectivity index (χ2v) is 4.12. The summed E-state index contributed by atoms with van der Waals surface area (Å²) in [6, 6.07) is 10.0. The Morgan fingerprint density at radius 3 is 2.55 bits per heavy atom. The average molecular weight is 277 g/mol. The molecular formula is C15H13F2NO2. The summed E-state index contributed by atoms with van der Waals surface area (Å²) < 4.78 is 31.6. The smallest absolute Gasteiger partial charge is 0.251 e. The standard InChI is InChI=1S/C15H13F2NO2/c1-20-14-7-6-10(8-13(14)17)15(19)18-9-11-4-2-3-5-12(11)16/h2-8H,9H2,1H3,(H,18,19). The maximum atomic E-state index is 13.5. The highest BCUT2D eigenvalue weighted by Gasteiger charge is 2.10. The molecule has 0 fully saturated rings. The molecule has 2 rings (SSSR count). The summed E-state index contributed by atoms with van der Waals surface area (Å²) in [6.45, 7) is 0.0408. The minimum atomic E-state index is -0.619. The van der Waals surface area contributed by atoms with Crippen LogP contribution in [0.25, 0.3) is 0 Å². The third-order valence-corrected chi connectivity index (χ3v) is 2.81. The lowest BCUT2D eigenvalue weighted by Gasteiger charge is -2.07. The quantitative estimate of drug-likeness (QED) is 0.933. The molecule has 20 heavy (non-hydrogen) atoms. The van der Waals surface area contributed by atoms with Crippen molar-refractivity contribution in [2.24, 2.45) is 0 Å². The Bertz CT molecular complexity index is 629. The zero-order valence-corrected chi connectivity index (χ0v) is 10.8. The van der Waals surface area contributed by atoms with E-state index in [9.17, 15) is 13.6 Å². The van der Waals surface area contributed by atoms with E-state index in [1.165, 1.54) is 25.3 Å². The molecule has 0 radical (unpaired) electrons. The minimum absolute atomic E-state index is 0.0408. The van der Waals surface area contributed by atoms with Gasteiger partial charge in [-0.25, -0.2) is 8.78 Å². The molecule has 0 aromatic heterocycles. The Morgan fingerprint density at radius 2 is 1.90 bits per heavy atom. The van der Waals surface area contributed by atoms with Crippen molar-refractivity contribution in [1.29, 1.82) is 0 Å². The van der Waals surface area contributed by atoms with Crippen LogP contribution < -0.4 is 10.1 Å². The van der Waals surface area contributed by atoms with Crippen LogP contribution in [-0.4, -0.2) is 13.0 Å². The van der Waals surface area contributed by atoms with Gasteiger partial charge in [0.1, 0.15) is 5.82 Å². The molecule has 0 unspecified atom stereocenters. The molecule has 5 heteroatoms. The first kappa shape index (κ1) is 14.0. The van der Waals surface area contributed by atoms with E-state index in [4.69, 9.17) is 4.74 Å². The van der Waals surface area contributed by atoms with Crippen molar-refractivity contribution in [3.8, 4) is 5.75 Å². The molecule has 0 heterocycles. The maximum Gasteiger partial charge on any atom is 0.251 e. The molecular weight excluding hydrogens is 264 g/mol. The molecule has 0 atom stereocenters. The number of halogens is 2. The summed E-state index contributed by atoms with van der Waals surface area (Å²) in [4.78, 5) is 11.8. The monoisotopic (exact) mass is 277 g/mol. The number of rotatable bonds is 4. The van der Waals surface area contributed by atoms with E-state index in [1.807, 2.05) is 0 Å². The Balaban J connectivity index is 2.05. The number of methoxy groups -OCH3 is 1. The molecule has 0 bridgehead atoms. The van der Waals surface area contributed by atoms with Gasteiger partial charge in [0.2, 0.25) is 0 Å². The second kappa shape index (κ2) is 6.14. The SMILES string of the molecule is COc1ccc(C(=O)NCc2ccccc2F)cc1F. The number of hydrogen-bond donors (Lipinski definition) is 1. The first-order valence-corrected chi connectivity index (χ1v) is 5.97. The topological polar surface area (TPSA) is 38.3 Å². The van der Waals surface area contributed by atoms with E-state index in [1.54, 1.807) is 18.2 Å². The van der Waals surface area contributed by atoms with Crippen LogP contribution in [0, 0.1) is 11.6 Å². The van der Waals surface area contributed by atoms with Gasteiger partial charge in [-0.3, -0.25) is 4.79 Å².